The molecule has 166 valence electrons. The van der Waals surface area contributed by atoms with Crippen LogP contribution in [0.15, 0.2) is 12.1 Å². The summed E-state index contributed by atoms with van der Waals surface area (Å²) in [7, 11) is 0. The minimum Gasteiger partial charge on any atom is -0.326 e. The number of halogens is 4. The second-order valence-corrected chi connectivity index (χ2v) is 7.37. The number of nitro benzene ring substituents is 2. The lowest BCUT2D eigenvalue weighted by atomic mass is 10.1. The van der Waals surface area contributed by atoms with Crippen LogP contribution in [0.25, 0.3) is 0 Å². The predicted octanol–water partition coefficient (Wildman–Crippen LogP) is 4.59. The fraction of sp³-hybridized carbons (Fsp3) is 0.412. The van der Waals surface area contributed by atoms with Gasteiger partial charge in [-0.2, -0.15) is 18.3 Å². The first-order chi connectivity index (χ1) is 14.4. The molecule has 2 aromatic rings. The van der Waals surface area contributed by atoms with Gasteiger partial charge in [-0.1, -0.05) is 11.6 Å². The number of hydrogen-bond acceptors (Lipinski definition) is 6. The Hall–Kier alpha value is -3.22. The minimum absolute atomic E-state index is 0.165. The van der Waals surface area contributed by atoms with E-state index < -0.39 is 44.0 Å². The topological polar surface area (TPSA) is 133 Å². The van der Waals surface area contributed by atoms with E-state index in [1.54, 1.807) is 0 Å². The predicted molar refractivity (Wildman–Crippen MR) is 102 cm³/mol. The van der Waals surface area contributed by atoms with Gasteiger partial charge in [0.25, 0.3) is 11.4 Å². The quantitative estimate of drug-likeness (QED) is 0.473. The molecule has 1 aromatic heterocycles. The Morgan fingerprint density at radius 3 is 2.26 bits per heavy atom. The second kappa shape index (κ2) is 8.13. The molecular weight excluding hydrogens is 447 g/mol. The number of carbonyl (C=O) groups is 1. The number of alkyl halides is 3. The summed E-state index contributed by atoms with van der Waals surface area (Å²) in [6.45, 7) is 0.991. The summed E-state index contributed by atoms with van der Waals surface area (Å²) in [5.74, 6) is -0.879. The third kappa shape index (κ3) is 4.76. The third-order valence-corrected chi connectivity index (χ3v) is 5.12. The van der Waals surface area contributed by atoms with E-state index in [0.717, 1.165) is 16.8 Å². The van der Waals surface area contributed by atoms with Crippen molar-refractivity contribution in [3.63, 3.8) is 0 Å². The van der Waals surface area contributed by atoms with Gasteiger partial charge in [-0.25, -0.2) is 0 Å². The summed E-state index contributed by atoms with van der Waals surface area (Å²) in [4.78, 5) is 32.9. The summed E-state index contributed by atoms with van der Waals surface area (Å²) in [6, 6.07) is 1.95. The van der Waals surface area contributed by atoms with E-state index in [0.29, 0.717) is 12.8 Å². The van der Waals surface area contributed by atoms with Crippen LogP contribution < -0.4 is 5.32 Å². The first-order valence-electron chi connectivity index (χ1n) is 8.96. The van der Waals surface area contributed by atoms with Gasteiger partial charge in [-0.15, -0.1) is 0 Å². The number of hydrogen-bond donors (Lipinski definition) is 1. The molecular formula is C17H15ClF3N5O5. The fourth-order valence-corrected chi connectivity index (χ4v) is 3.51. The van der Waals surface area contributed by atoms with Gasteiger partial charge in [0, 0.05) is 24.5 Å². The molecule has 1 aromatic carbocycles. The average Bonchev–Trinajstić information content (AvgIpc) is 3.42. The molecule has 1 amide bonds. The van der Waals surface area contributed by atoms with Crippen LogP contribution in [-0.2, 0) is 17.5 Å². The van der Waals surface area contributed by atoms with Crippen LogP contribution in [-0.4, -0.2) is 25.5 Å². The van der Waals surface area contributed by atoms with Gasteiger partial charge in [-0.3, -0.25) is 29.7 Å². The van der Waals surface area contributed by atoms with E-state index in [-0.39, 0.29) is 35.8 Å². The van der Waals surface area contributed by atoms with Gasteiger partial charge in [0.15, 0.2) is 5.69 Å². The van der Waals surface area contributed by atoms with E-state index in [4.69, 9.17) is 11.6 Å². The molecule has 1 saturated carbocycles. The first kappa shape index (κ1) is 22.5. The van der Waals surface area contributed by atoms with Gasteiger partial charge in [0.2, 0.25) is 5.91 Å². The van der Waals surface area contributed by atoms with Gasteiger partial charge in [0.1, 0.15) is 5.56 Å². The normalized spacial score (nSPS) is 13.8. The van der Waals surface area contributed by atoms with Crippen LogP contribution >= 0.6 is 11.6 Å². The molecule has 0 atom stereocenters. The molecule has 14 heteroatoms. The number of nitrogens with zero attached hydrogens (tertiary/aromatic N) is 4. The van der Waals surface area contributed by atoms with E-state index in [1.165, 1.54) is 6.92 Å². The molecule has 1 heterocycles. The van der Waals surface area contributed by atoms with Crippen molar-refractivity contribution in [1.29, 1.82) is 0 Å². The molecule has 3 rings (SSSR count). The van der Waals surface area contributed by atoms with Gasteiger partial charge in [-0.05, 0) is 19.8 Å². The number of nitro groups is 2. The Labute approximate surface area is 177 Å². The lowest BCUT2D eigenvalue weighted by molar-refractivity contribution is -0.395. The van der Waals surface area contributed by atoms with Crippen molar-refractivity contribution in [3.8, 4) is 0 Å². The number of amides is 1. The maximum atomic E-state index is 13.1. The van der Waals surface area contributed by atoms with E-state index in [1.807, 2.05) is 0 Å². The van der Waals surface area contributed by atoms with Crippen LogP contribution in [0.4, 0.5) is 30.2 Å². The maximum absolute atomic E-state index is 13.1. The van der Waals surface area contributed by atoms with Crippen molar-refractivity contribution < 1.29 is 27.8 Å². The highest BCUT2D eigenvalue weighted by atomic mass is 35.5. The molecule has 0 spiro atoms. The monoisotopic (exact) mass is 461 g/mol. The maximum Gasteiger partial charge on any atom is 0.436 e. The molecule has 1 aliphatic carbocycles. The number of aromatic nitrogens is 2. The molecule has 31 heavy (non-hydrogen) atoms. The third-order valence-electron chi connectivity index (χ3n) is 4.74. The van der Waals surface area contributed by atoms with Crippen LogP contribution in [0.3, 0.4) is 0 Å². The number of rotatable bonds is 7. The van der Waals surface area contributed by atoms with E-state index >= 15 is 0 Å². The molecule has 0 aliphatic heterocycles. The molecule has 0 saturated heterocycles. The first-order valence-corrected chi connectivity index (χ1v) is 9.34. The number of aryl methyl sites for hydroxylation is 1. The zero-order valence-electron chi connectivity index (χ0n) is 15.9. The molecule has 0 unspecified atom stereocenters. The van der Waals surface area contributed by atoms with E-state index in [9.17, 15) is 38.2 Å². The number of anilines is 1. The smallest absolute Gasteiger partial charge is 0.326 e. The second-order valence-electron chi connectivity index (χ2n) is 6.99. The Bertz CT molecular complexity index is 1050. The molecule has 0 bridgehead atoms. The standard InChI is InChI=1S/C17H15ClF3N5O5/c1-8-11(25(28)29)6-10(7-12(8)26(30)31)22-13(27)4-5-24-15(9-2-3-9)14(18)16(23-24)17(19,20)21/h6-7,9H,2-5H2,1H3,(H,22,27). The zero-order valence-corrected chi connectivity index (χ0v) is 16.7. The van der Waals surface area contributed by atoms with E-state index in [2.05, 4.69) is 10.4 Å². The highest BCUT2D eigenvalue weighted by Crippen LogP contribution is 2.47. The van der Waals surface area contributed by atoms with Gasteiger partial charge in [0.05, 0.1) is 32.8 Å². The number of benzene rings is 1. The SMILES string of the molecule is Cc1c([N+](=O)[O-])cc(NC(=O)CCn2nc(C(F)(F)F)c(Cl)c2C2CC2)cc1[N+](=O)[O-]. The van der Waals surface area contributed by atoms with Crippen molar-refractivity contribution in [1.82, 2.24) is 9.78 Å². The average molecular weight is 462 g/mol. The Morgan fingerprint density at radius 1 is 1.26 bits per heavy atom. The van der Waals surface area contributed by atoms with Crippen molar-refractivity contribution in [2.75, 3.05) is 5.32 Å². The summed E-state index contributed by atoms with van der Waals surface area (Å²) in [5.41, 5.74) is -2.45. The fourth-order valence-electron chi connectivity index (χ4n) is 3.12. The highest BCUT2D eigenvalue weighted by Gasteiger charge is 2.42. The summed E-state index contributed by atoms with van der Waals surface area (Å²) in [6.07, 6.45) is -3.75. The van der Waals surface area contributed by atoms with Crippen molar-refractivity contribution in [2.24, 2.45) is 0 Å². The van der Waals surface area contributed by atoms with Crippen molar-refractivity contribution in [3.05, 3.63) is 54.3 Å². The summed E-state index contributed by atoms with van der Waals surface area (Å²) in [5, 5.41) is 27.6. The van der Waals surface area contributed by atoms with Gasteiger partial charge >= 0.3 is 6.18 Å². The van der Waals surface area contributed by atoms with Crippen molar-refractivity contribution >= 4 is 34.6 Å². The summed E-state index contributed by atoms with van der Waals surface area (Å²) < 4.78 is 40.3. The Morgan fingerprint density at radius 2 is 1.81 bits per heavy atom. The molecule has 1 N–H and O–H groups in total. The highest BCUT2D eigenvalue weighted by molar-refractivity contribution is 6.32. The Kier molecular flexibility index (Phi) is 5.89. The largest absolute Gasteiger partial charge is 0.436 e. The minimum atomic E-state index is -4.74. The lowest BCUT2D eigenvalue weighted by Gasteiger charge is -2.09. The van der Waals surface area contributed by atoms with Crippen molar-refractivity contribution in [2.45, 2.75) is 44.8 Å². The molecule has 10 nitrogen and oxygen atoms in total. The Balaban J connectivity index is 1.79. The number of nitrogens with one attached hydrogen (secondary N) is 1. The van der Waals surface area contributed by atoms with Crippen LogP contribution in [0, 0.1) is 27.2 Å². The summed E-state index contributed by atoms with van der Waals surface area (Å²) >= 11 is 5.87. The molecule has 1 aliphatic rings. The van der Waals surface area contributed by atoms with Crippen LogP contribution in [0.1, 0.15) is 42.1 Å². The van der Waals surface area contributed by atoms with Gasteiger partial charge < -0.3 is 5.32 Å². The zero-order chi connectivity index (χ0) is 23.1. The molecule has 1 fully saturated rings. The van der Waals surface area contributed by atoms with Crippen LogP contribution in [0.2, 0.25) is 5.02 Å². The number of carbonyl (C=O) groups excluding carboxylic acids is 1. The lowest BCUT2D eigenvalue weighted by Crippen LogP contribution is -2.17. The molecule has 0 radical (unpaired) electrons. The van der Waals surface area contributed by atoms with Crippen LogP contribution in [0.5, 0.6) is 0 Å².